The van der Waals surface area contributed by atoms with Gasteiger partial charge in [0.15, 0.2) is 46.0 Å². The normalized spacial score (nSPS) is 11.1. The number of para-hydroxylation sites is 9. The Morgan fingerprint density at radius 2 is 0.612 bits per heavy atom. The first-order valence-electron chi connectivity index (χ1n) is 15.2. The molecule has 49 heavy (non-hydrogen) atoms. The Balaban J connectivity index is 1.48. The van der Waals surface area contributed by atoms with Gasteiger partial charge in [0.25, 0.3) is 0 Å². The van der Waals surface area contributed by atoms with E-state index < -0.39 is 25.5 Å². The van der Waals surface area contributed by atoms with Gasteiger partial charge in [0.05, 0.1) is 28.4 Å². The van der Waals surface area contributed by atoms with Crippen LogP contribution in [0.3, 0.4) is 0 Å². The van der Waals surface area contributed by atoms with E-state index in [0.717, 1.165) is 5.19 Å². The van der Waals surface area contributed by atoms with Gasteiger partial charge >= 0.3 is 17.2 Å². The Labute approximate surface area is 290 Å². The lowest BCUT2D eigenvalue weighted by Gasteiger charge is -2.29. The van der Waals surface area contributed by atoms with E-state index in [1.807, 2.05) is 98.0 Å². The molecule has 5 aromatic carbocycles. The highest BCUT2D eigenvalue weighted by atomic mass is 31.2. The third-order valence-electron chi connectivity index (χ3n) is 6.98. The predicted molar refractivity (Wildman–Crippen MR) is 194 cm³/mol. The average Bonchev–Trinajstić information content (AvgIpc) is 3.12. The largest absolute Gasteiger partial charge is 0.530 e. The van der Waals surface area contributed by atoms with Crippen LogP contribution in [-0.2, 0) is 4.21 Å². The lowest BCUT2D eigenvalue weighted by molar-refractivity contribution is 0.345. The minimum atomic E-state index is -2.91. The van der Waals surface area contributed by atoms with Gasteiger partial charge in [-0.25, -0.2) is 0 Å². The minimum Gasteiger partial charge on any atom is -0.493 e. The van der Waals surface area contributed by atoms with Gasteiger partial charge in [-0.05, 0) is 67.7 Å². The second-order valence-electron chi connectivity index (χ2n) is 10.6. The van der Waals surface area contributed by atoms with Crippen LogP contribution in [0.4, 0.5) is 0 Å². The highest BCUT2D eigenvalue weighted by molar-refractivity contribution is 7.45. The van der Waals surface area contributed by atoms with Gasteiger partial charge in [0, 0.05) is 5.19 Å². The first-order chi connectivity index (χ1) is 23.8. The van der Waals surface area contributed by atoms with Crippen molar-refractivity contribution in [3.63, 3.8) is 0 Å². The zero-order valence-electron chi connectivity index (χ0n) is 28.0. The van der Waals surface area contributed by atoms with Crippen molar-refractivity contribution < 1.29 is 45.8 Å². The molecule has 5 rings (SSSR count). The van der Waals surface area contributed by atoms with Crippen molar-refractivity contribution in [1.82, 2.24) is 0 Å². The smallest absolute Gasteiger partial charge is 0.493 e. The molecule has 256 valence electrons. The molecule has 0 aliphatic rings. The fourth-order valence-corrected chi connectivity index (χ4v) is 9.78. The molecule has 0 saturated carbocycles. The first kappa shape index (κ1) is 35.6. The van der Waals surface area contributed by atoms with Gasteiger partial charge in [0.2, 0.25) is 8.32 Å². The summed E-state index contributed by atoms with van der Waals surface area (Å²) in [5, 5.41) is 0.814. The van der Waals surface area contributed by atoms with Crippen LogP contribution in [0.5, 0.6) is 51.7 Å². The second-order valence-corrected chi connectivity index (χ2v) is 16.7. The van der Waals surface area contributed by atoms with Crippen LogP contribution >= 0.6 is 17.2 Å². The molecular weight excluding hydrogens is 682 g/mol. The number of hydrogen-bond acceptors (Lipinski definition) is 10. The van der Waals surface area contributed by atoms with Crippen molar-refractivity contribution in [3.8, 4) is 51.7 Å². The van der Waals surface area contributed by atoms with E-state index in [1.165, 1.54) is 0 Å². The summed E-state index contributed by atoms with van der Waals surface area (Å²) in [4.78, 5) is 0. The predicted octanol–water partition coefficient (Wildman–Crippen LogP) is 9.30. The molecule has 0 aliphatic heterocycles. The molecule has 0 heterocycles. The van der Waals surface area contributed by atoms with E-state index in [9.17, 15) is 0 Å². The summed E-state index contributed by atoms with van der Waals surface area (Å²) in [5.74, 6) is 4.50. The highest BCUT2D eigenvalue weighted by Gasteiger charge is 2.38. The molecular formula is C36H38O10P2Si. The Hall–Kier alpha value is -4.66. The van der Waals surface area contributed by atoms with Crippen molar-refractivity contribution in [3.05, 3.63) is 121 Å². The summed E-state index contributed by atoms with van der Waals surface area (Å²) in [6.45, 7) is 4.07. The number of hydrogen-bond donors (Lipinski definition) is 0. The molecule has 0 unspecified atom stereocenters. The van der Waals surface area contributed by atoms with Crippen molar-refractivity contribution in [2.75, 3.05) is 28.4 Å². The topological polar surface area (TPSA) is 92.3 Å². The molecule has 5 aromatic rings. The second kappa shape index (κ2) is 17.1. The van der Waals surface area contributed by atoms with E-state index in [2.05, 4.69) is 0 Å². The first-order valence-corrected chi connectivity index (χ1v) is 20.3. The SMILES string of the molecule is COc1ccccc1OP(Oc1ccccc1OC)Oc1ccccc1[Si](C)(C)OP(Oc1ccccc1OC)Oc1ccccc1OC. The molecule has 0 bridgehead atoms. The molecule has 0 aromatic heterocycles. The summed E-state index contributed by atoms with van der Waals surface area (Å²) in [7, 11) is -0.735. The van der Waals surface area contributed by atoms with Gasteiger partial charge in [-0.15, -0.1) is 0 Å². The molecule has 0 aliphatic carbocycles. The molecule has 0 fully saturated rings. The molecule has 0 spiro atoms. The summed E-state index contributed by atoms with van der Waals surface area (Å²) in [6.07, 6.45) is 0. The zero-order valence-corrected chi connectivity index (χ0v) is 30.8. The van der Waals surface area contributed by atoms with E-state index in [0.29, 0.717) is 51.7 Å². The van der Waals surface area contributed by atoms with Gasteiger partial charge in [-0.2, -0.15) is 0 Å². The quantitative estimate of drug-likeness (QED) is 0.0684. The third kappa shape index (κ3) is 9.28. The van der Waals surface area contributed by atoms with E-state index in [1.54, 1.807) is 64.8 Å². The maximum atomic E-state index is 6.82. The molecule has 0 N–H and O–H groups in total. The van der Waals surface area contributed by atoms with Crippen molar-refractivity contribution in [1.29, 1.82) is 0 Å². The summed E-state index contributed by atoms with van der Waals surface area (Å²) < 4.78 is 61.0. The monoisotopic (exact) mass is 720 g/mol. The Morgan fingerprint density at radius 1 is 0.347 bits per heavy atom. The lowest BCUT2D eigenvalue weighted by atomic mass is 10.3. The van der Waals surface area contributed by atoms with E-state index in [4.69, 9.17) is 45.8 Å². The minimum absolute atomic E-state index is 0.454. The van der Waals surface area contributed by atoms with E-state index in [-0.39, 0.29) is 0 Å². The fraction of sp³-hybridized carbons (Fsp3) is 0.167. The number of benzene rings is 5. The number of rotatable bonds is 17. The molecule has 10 nitrogen and oxygen atoms in total. The number of methoxy groups -OCH3 is 4. The highest BCUT2D eigenvalue weighted by Crippen LogP contribution is 2.50. The van der Waals surface area contributed by atoms with E-state index >= 15 is 0 Å². The van der Waals surface area contributed by atoms with Crippen LogP contribution in [0.15, 0.2) is 121 Å². The Kier molecular flexibility index (Phi) is 12.5. The maximum Gasteiger partial charge on any atom is 0.530 e. The van der Waals surface area contributed by atoms with Gasteiger partial charge < -0.3 is 45.8 Å². The van der Waals surface area contributed by atoms with Gasteiger partial charge in [-0.3, -0.25) is 0 Å². The van der Waals surface area contributed by atoms with Crippen LogP contribution in [0.2, 0.25) is 13.1 Å². The van der Waals surface area contributed by atoms with Gasteiger partial charge in [0.1, 0.15) is 5.75 Å². The molecule has 0 saturated heterocycles. The Bertz CT molecular complexity index is 1710. The van der Waals surface area contributed by atoms with Crippen molar-refractivity contribution >= 4 is 30.7 Å². The van der Waals surface area contributed by atoms with Crippen molar-refractivity contribution in [2.45, 2.75) is 13.1 Å². The van der Waals surface area contributed by atoms with Crippen LogP contribution in [0.1, 0.15) is 0 Å². The van der Waals surface area contributed by atoms with Crippen LogP contribution in [-0.4, -0.2) is 36.8 Å². The summed E-state index contributed by atoms with van der Waals surface area (Å²) in [5.41, 5.74) is 0. The van der Waals surface area contributed by atoms with Crippen molar-refractivity contribution in [2.24, 2.45) is 0 Å². The zero-order chi connectivity index (χ0) is 34.6. The maximum absolute atomic E-state index is 6.82. The van der Waals surface area contributed by atoms with Gasteiger partial charge in [-0.1, -0.05) is 66.7 Å². The average molecular weight is 721 g/mol. The molecule has 0 atom stereocenters. The number of ether oxygens (including phenoxy) is 4. The third-order valence-corrected chi connectivity index (χ3v) is 12.8. The Morgan fingerprint density at radius 3 is 0.959 bits per heavy atom. The van der Waals surface area contributed by atoms with Crippen LogP contribution < -0.4 is 46.8 Å². The van der Waals surface area contributed by atoms with Crippen LogP contribution in [0, 0.1) is 0 Å². The standard InChI is InChI=1S/C36H38O10P2Si/c1-37-27-17-7-11-21-31(27)41-47(42-32-22-12-8-18-28(32)38-2)45-35-25-15-16-26-36(35)49(5,6)46-48(43-33-23-13-9-19-29(33)39-3)44-34-24-14-10-20-30(34)40-4/h7-26H,1-6H3. The lowest BCUT2D eigenvalue weighted by Crippen LogP contribution is -2.44. The van der Waals surface area contributed by atoms with Crippen LogP contribution in [0.25, 0.3) is 0 Å². The molecule has 0 amide bonds. The summed E-state index contributed by atoms with van der Waals surface area (Å²) in [6, 6.07) is 36.8. The molecule has 13 heteroatoms. The summed E-state index contributed by atoms with van der Waals surface area (Å²) >= 11 is 0. The molecule has 0 radical (unpaired) electrons. The fourth-order valence-electron chi connectivity index (χ4n) is 4.57.